The number of carbonyl (C=O) groups is 1. The molecule has 0 radical (unpaired) electrons. The summed E-state index contributed by atoms with van der Waals surface area (Å²) in [5.41, 5.74) is 7.72. The normalized spacial score (nSPS) is 24.5. The van der Waals surface area contributed by atoms with Gasteiger partial charge in [-0.2, -0.15) is 0 Å². The number of anilines is 1. The summed E-state index contributed by atoms with van der Waals surface area (Å²) >= 11 is 0. The third-order valence-electron chi connectivity index (χ3n) is 3.41. The fourth-order valence-electron chi connectivity index (χ4n) is 2.58. The molecule has 2 atom stereocenters. The van der Waals surface area contributed by atoms with E-state index in [1.807, 2.05) is 12.1 Å². The second-order valence-corrected chi connectivity index (χ2v) is 4.64. The summed E-state index contributed by atoms with van der Waals surface area (Å²) in [5, 5.41) is 8.75. The van der Waals surface area contributed by atoms with Gasteiger partial charge in [0.25, 0.3) is 0 Å². The molecule has 1 aliphatic carbocycles. The van der Waals surface area contributed by atoms with Gasteiger partial charge >= 0.3 is 5.97 Å². The van der Waals surface area contributed by atoms with Crippen molar-refractivity contribution in [2.24, 2.45) is 5.92 Å². The minimum absolute atomic E-state index is 0.311. The molecule has 86 valence electrons. The molecule has 0 heterocycles. The zero-order valence-corrected chi connectivity index (χ0v) is 9.23. The molecule has 0 aliphatic heterocycles. The molecule has 0 aromatic heterocycles. The number of carboxylic acids is 1. The van der Waals surface area contributed by atoms with E-state index in [2.05, 4.69) is 12.1 Å². The molecule has 1 aromatic rings. The fraction of sp³-hybridized carbons (Fsp3) is 0.462. The SMILES string of the molecule is Nc1ccc([C@H]2CCC(CC(=O)O)C2)cc1. The van der Waals surface area contributed by atoms with Crippen LogP contribution in [0.2, 0.25) is 0 Å². The fourth-order valence-corrected chi connectivity index (χ4v) is 2.58. The molecule has 1 aromatic carbocycles. The van der Waals surface area contributed by atoms with E-state index >= 15 is 0 Å². The number of hydrogen-bond donors (Lipinski definition) is 2. The van der Waals surface area contributed by atoms with Crippen LogP contribution in [0, 0.1) is 5.92 Å². The lowest BCUT2D eigenvalue weighted by Crippen LogP contribution is -2.04. The van der Waals surface area contributed by atoms with Crippen molar-refractivity contribution < 1.29 is 9.90 Å². The van der Waals surface area contributed by atoms with Crippen molar-refractivity contribution in [1.29, 1.82) is 0 Å². The second kappa shape index (κ2) is 4.56. The summed E-state index contributed by atoms with van der Waals surface area (Å²) in [7, 11) is 0. The zero-order chi connectivity index (χ0) is 11.5. The number of carboxylic acid groups (broad SMARTS) is 1. The molecule has 3 nitrogen and oxygen atoms in total. The van der Waals surface area contributed by atoms with Crippen LogP contribution in [0.1, 0.15) is 37.2 Å². The van der Waals surface area contributed by atoms with E-state index in [9.17, 15) is 4.79 Å². The number of aliphatic carboxylic acids is 1. The van der Waals surface area contributed by atoms with Gasteiger partial charge in [-0.15, -0.1) is 0 Å². The molecule has 1 unspecified atom stereocenters. The minimum Gasteiger partial charge on any atom is -0.481 e. The maximum absolute atomic E-state index is 10.6. The number of benzene rings is 1. The van der Waals surface area contributed by atoms with Crippen LogP contribution in [0.15, 0.2) is 24.3 Å². The Bertz CT molecular complexity index is 372. The lowest BCUT2D eigenvalue weighted by Gasteiger charge is -2.10. The number of hydrogen-bond acceptors (Lipinski definition) is 2. The standard InChI is InChI=1S/C13H17NO2/c14-12-5-3-10(4-6-12)11-2-1-9(7-11)8-13(15)16/h3-6,9,11H,1-2,7-8,14H2,(H,15,16)/t9?,11-/m0/s1. The molecule has 1 saturated carbocycles. The Morgan fingerprint density at radius 2 is 2.00 bits per heavy atom. The van der Waals surface area contributed by atoms with Crippen LogP contribution < -0.4 is 5.73 Å². The summed E-state index contributed by atoms with van der Waals surface area (Å²) in [4.78, 5) is 10.6. The molecule has 3 N–H and O–H groups in total. The van der Waals surface area contributed by atoms with Crippen LogP contribution in [0.3, 0.4) is 0 Å². The second-order valence-electron chi connectivity index (χ2n) is 4.64. The summed E-state index contributed by atoms with van der Waals surface area (Å²) in [6.45, 7) is 0. The smallest absolute Gasteiger partial charge is 0.303 e. The molecule has 0 saturated heterocycles. The Hall–Kier alpha value is -1.51. The summed E-state index contributed by atoms with van der Waals surface area (Å²) < 4.78 is 0. The Morgan fingerprint density at radius 3 is 2.62 bits per heavy atom. The molecular weight excluding hydrogens is 202 g/mol. The van der Waals surface area contributed by atoms with Crippen molar-refractivity contribution in [3.8, 4) is 0 Å². The van der Waals surface area contributed by atoms with E-state index in [-0.39, 0.29) is 0 Å². The van der Waals surface area contributed by atoms with Gasteiger partial charge in [-0.05, 0) is 48.8 Å². The van der Waals surface area contributed by atoms with Crippen LogP contribution in [0.5, 0.6) is 0 Å². The van der Waals surface area contributed by atoms with Crippen LogP contribution in [-0.4, -0.2) is 11.1 Å². The van der Waals surface area contributed by atoms with Crippen molar-refractivity contribution in [2.75, 3.05) is 5.73 Å². The van der Waals surface area contributed by atoms with Crippen molar-refractivity contribution >= 4 is 11.7 Å². The highest BCUT2D eigenvalue weighted by Gasteiger charge is 2.27. The van der Waals surface area contributed by atoms with Crippen LogP contribution in [0.4, 0.5) is 5.69 Å². The van der Waals surface area contributed by atoms with E-state index in [0.717, 1.165) is 24.9 Å². The molecule has 1 aliphatic rings. The van der Waals surface area contributed by atoms with Gasteiger partial charge in [0.05, 0.1) is 0 Å². The van der Waals surface area contributed by atoms with Gasteiger partial charge in [0.2, 0.25) is 0 Å². The average molecular weight is 219 g/mol. The molecular formula is C13H17NO2. The molecule has 3 heteroatoms. The van der Waals surface area contributed by atoms with Gasteiger partial charge in [-0.3, -0.25) is 4.79 Å². The topological polar surface area (TPSA) is 63.3 Å². The number of nitrogens with two attached hydrogens (primary N) is 1. The van der Waals surface area contributed by atoms with Gasteiger partial charge in [0, 0.05) is 12.1 Å². The molecule has 16 heavy (non-hydrogen) atoms. The predicted octanol–water partition coefficient (Wildman–Crippen LogP) is 2.63. The van der Waals surface area contributed by atoms with E-state index < -0.39 is 5.97 Å². The highest BCUT2D eigenvalue weighted by molar-refractivity contribution is 5.67. The Kier molecular flexibility index (Phi) is 3.13. The van der Waals surface area contributed by atoms with Crippen molar-refractivity contribution in [2.45, 2.75) is 31.6 Å². The largest absolute Gasteiger partial charge is 0.481 e. The molecule has 2 rings (SSSR count). The van der Waals surface area contributed by atoms with Gasteiger partial charge in [0.15, 0.2) is 0 Å². The van der Waals surface area contributed by atoms with E-state index in [0.29, 0.717) is 18.3 Å². The first-order valence-electron chi connectivity index (χ1n) is 5.72. The van der Waals surface area contributed by atoms with Gasteiger partial charge < -0.3 is 10.8 Å². The predicted molar refractivity (Wildman–Crippen MR) is 63.2 cm³/mol. The van der Waals surface area contributed by atoms with Gasteiger partial charge in [-0.25, -0.2) is 0 Å². The first-order chi connectivity index (χ1) is 7.65. The quantitative estimate of drug-likeness (QED) is 0.768. The monoisotopic (exact) mass is 219 g/mol. The summed E-state index contributed by atoms with van der Waals surface area (Å²) in [6.07, 6.45) is 3.44. The van der Waals surface area contributed by atoms with E-state index in [1.54, 1.807) is 0 Å². The van der Waals surface area contributed by atoms with Gasteiger partial charge in [-0.1, -0.05) is 12.1 Å². The molecule has 0 bridgehead atoms. The summed E-state index contributed by atoms with van der Waals surface area (Å²) in [5.74, 6) is 0.188. The Labute approximate surface area is 95.3 Å². The lowest BCUT2D eigenvalue weighted by atomic mass is 9.95. The van der Waals surface area contributed by atoms with Crippen molar-refractivity contribution in [3.63, 3.8) is 0 Å². The van der Waals surface area contributed by atoms with Crippen LogP contribution in [0.25, 0.3) is 0 Å². The maximum atomic E-state index is 10.6. The van der Waals surface area contributed by atoms with Crippen molar-refractivity contribution in [3.05, 3.63) is 29.8 Å². The number of nitrogen functional groups attached to an aromatic ring is 1. The molecule has 0 amide bonds. The lowest BCUT2D eigenvalue weighted by molar-refractivity contribution is -0.138. The van der Waals surface area contributed by atoms with Crippen LogP contribution in [-0.2, 0) is 4.79 Å². The summed E-state index contributed by atoms with van der Waals surface area (Å²) in [6, 6.07) is 7.95. The average Bonchev–Trinajstić information content (AvgIpc) is 2.66. The Morgan fingerprint density at radius 1 is 1.31 bits per heavy atom. The van der Waals surface area contributed by atoms with Crippen molar-refractivity contribution in [1.82, 2.24) is 0 Å². The third-order valence-corrected chi connectivity index (χ3v) is 3.41. The highest BCUT2D eigenvalue weighted by Crippen LogP contribution is 2.39. The third kappa shape index (κ3) is 2.54. The molecule has 1 fully saturated rings. The molecule has 0 spiro atoms. The number of rotatable bonds is 3. The van der Waals surface area contributed by atoms with Crippen LogP contribution >= 0.6 is 0 Å². The van der Waals surface area contributed by atoms with Gasteiger partial charge in [0.1, 0.15) is 0 Å². The minimum atomic E-state index is -0.678. The van der Waals surface area contributed by atoms with E-state index in [1.165, 1.54) is 5.56 Å². The first kappa shape index (κ1) is 11.0. The van der Waals surface area contributed by atoms with E-state index in [4.69, 9.17) is 10.8 Å². The zero-order valence-electron chi connectivity index (χ0n) is 9.23. The Balaban J connectivity index is 1.98. The first-order valence-corrected chi connectivity index (χ1v) is 5.72. The highest BCUT2D eigenvalue weighted by atomic mass is 16.4. The maximum Gasteiger partial charge on any atom is 0.303 e.